The van der Waals surface area contributed by atoms with Crippen molar-refractivity contribution < 1.29 is 19.2 Å². The SMILES string of the molecule is CCC(=O)C(NC(=O)CCC1NC(=O)NC1=O)C(C)(C)C. The third-order valence-corrected chi connectivity index (χ3v) is 3.36. The van der Waals surface area contributed by atoms with Crippen molar-refractivity contribution in [2.75, 3.05) is 0 Å². The Labute approximate surface area is 124 Å². The number of carbonyl (C=O) groups excluding carboxylic acids is 4. The maximum atomic E-state index is 12.0. The van der Waals surface area contributed by atoms with Crippen molar-refractivity contribution in [2.45, 2.75) is 59.0 Å². The lowest BCUT2D eigenvalue weighted by atomic mass is 9.83. The summed E-state index contributed by atoms with van der Waals surface area (Å²) in [6.07, 6.45) is 0.631. The quantitative estimate of drug-likeness (QED) is 0.620. The molecule has 7 heteroatoms. The first-order valence-corrected chi connectivity index (χ1v) is 7.08. The highest BCUT2D eigenvalue weighted by atomic mass is 16.2. The first kappa shape index (κ1) is 17.1. The number of hydrogen-bond donors (Lipinski definition) is 3. The van der Waals surface area contributed by atoms with Crippen LogP contribution in [-0.2, 0) is 14.4 Å². The van der Waals surface area contributed by atoms with Gasteiger partial charge in [0.05, 0.1) is 6.04 Å². The fourth-order valence-electron chi connectivity index (χ4n) is 2.15. The normalized spacial score (nSPS) is 19.7. The lowest BCUT2D eigenvalue weighted by molar-refractivity contribution is -0.130. The molecule has 1 heterocycles. The number of amides is 4. The molecule has 118 valence electrons. The molecule has 1 rings (SSSR count). The third kappa shape index (κ3) is 4.84. The standard InChI is InChI=1S/C14H23N3O4/c1-5-9(18)11(14(2,3)4)16-10(19)7-6-8-12(20)17-13(21)15-8/h8,11H,5-7H2,1-4H3,(H,16,19)(H2,15,17,20,21). The fraction of sp³-hybridized carbons (Fsp3) is 0.714. The van der Waals surface area contributed by atoms with Gasteiger partial charge < -0.3 is 10.6 Å². The molecule has 2 unspecified atom stereocenters. The number of hydrogen-bond acceptors (Lipinski definition) is 4. The molecule has 4 amide bonds. The minimum absolute atomic E-state index is 0.0252. The smallest absolute Gasteiger partial charge is 0.322 e. The van der Waals surface area contributed by atoms with Crippen molar-refractivity contribution in [1.29, 1.82) is 0 Å². The second-order valence-electron chi connectivity index (χ2n) is 6.24. The van der Waals surface area contributed by atoms with Crippen molar-refractivity contribution in [3.63, 3.8) is 0 Å². The summed E-state index contributed by atoms with van der Waals surface area (Å²) in [5, 5.41) is 7.26. The number of ketones is 1. The summed E-state index contributed by atoms with van der Waals surface area (Å²) in [4.78, 5) is 46.2. The van der Waals surface area contributed by atoms with E-state index < -0.39 is 24.0 Å². The summed E-state index contributed by atoms with van der Waals surface area (Å²) in [5.41, 5.74) is -0.373. The average molecular weight is 297 g/mol. The molecule has 0 spiro atoms. The number of imide groups is 1. The first-order chi connectivity index (χ1) is 9.65. The van der Waals surface area contributed by atoms with Crippen LogP contribution in [0.2, 0.25) is 0 Å². The Bertz CT molecular complexity index is 454. The van der Waals surface area contributed by atoms with Gasteiger partial charge in [0.1, 0.15) is 6.04 Å². The van der Waals surface area contributed by atoms with Crippen molar-refractivity contribution in [1.82, 2.24) is 16.0 Å². The van der Waals surface area contributed by atoms with Crippen LogP contribution in [0.3, 0.4) is 0 Å². The van der Waals surface area contributed by atoms with Gasteiger partial charge in [-0.2, -0.15) is 0 Å². The molecule has 0 aromatic carbocycles. The van der Waals surface area contributed by atoms with Crippen LogP contribution in [0.1, 0.15) is 47.0 Å². The van der Waals surface area contributed by atoms with E-state index in [1.807, 2.05) is 20.8 Å². The van der Waals surface area contributed by atoms with Gasteiger partial charge in [0.2, 0.25) is 5.91 Å². The number of carbonyl (C=O) groups is 4. The number of Topliss-reactive ketones (excluding diaryl/α,β-unsaturated/α-hetero) is 1. The highest BCUT2D eigenvalue weighted by Crippen LogP contribution is 2.21. The van der Waals surface area contributed by atoms with Gasteiger partial charge >= 0.3 is 6.03 Å². The molecule has 7 nitrogen and oxygen atoms in total. The van der Waals surface area contributed by atoms with E-state index in [1.54, 1.807) is 6.92 Å². The van der Waals surface area contributed by atoms with Gasteiger partial charge in [0.25, 0.3) is 5.91 Å². The van der Waals surface area contributed by atoms with Gasteiger partial charge in [-0.05, 0) is 11.8 Å². The fourth-order valence-corrected chi connectivity index (χ4v) is 2.15. The molecular weight excluding hydrogens is 274 g/mol. The minimum Gasteiger partial charge on any atom is -0.346 e. The second kappa shape index (κ2) is 6.69. The van der Waals surface area contributed by atoms with Gasteiger partial charge in [-0.3, -0.25) is 19.7 Å². The topological polar surface area (TPSA) is 104 Å². The third-order valence-electron chi connectivity index (χ3n) is 3.36. The predicted octanol–water partition coefficient (Wildman–Crippen LogP) is 0.485. The molecule has 3 N–H and O–H groups in total. The van der Waals surface area contributed by atoms with Crippen LogP contribution in [0.5, 0.6) is 0 Å². The Kier molecular flexibility index (Phi) is 5.46. The summed E-state index contributed by atoms with van der Waals surface area (Å²) in [5.74, 6) is -0.752. The summed E-state index contributed by atoms with van der Waals surface area (Å²) < 4.78 is 0. The van der Waals surface area contributed by atoms with Crippen molar-refractivity contribution in [3.05, 3.63) is 0 Å². The van der Waals surface area contributed by atoms with E-state index in [-0.39, 0.29) is 29.9 Å². The van der Waals surface area contributed by atoms with E-state index in [0.29, 0.717) is 6.42 Å². The van der Waals surface area contributed by atoms with E-state index in [1.165, 1.54) is 0 Å². The minimum atomic E-state index is -0.682. The molecule has 0 bridgehead atoms. The van der Waals surface area contributed by atoms with Crippen LogP contribution in [0, 0.1) is 5.41 Å². The van der Waals surface area contributed by atoms with Gasteiger partial charge in [-0.25, -0.2) is 4.79 Å². The van der Waals surface area contributed by atoms with Gasteiger partial charge in [0, 0.05) is 12.8 Å². The van der Waals surface area contributed by atoms with E-state index in [2.05, 4.69) is 16.0 Å². The molecule has 0 saturated carbocycles. The lowest BCUT2D eigenvalue weighted by Crippen LogP contribution is -2.49. The lowest BCUT2D eigenvalue weighted by Gasteiger charge is -2.30. The average Bonchev–Trinajstić information content (AvgIpc) is 2.69. The number of nitrogens with one attached hydrogen (secondary N) is 3. The molecule has 0 aliphatic carbocycles. The van der Waals surface area contributed by atoms with Gasteiger partial charge in [0.15, 0.2) is 5.78 Å². The van der Waals surface area contributed by atoms with Crippen molar-refractivity contribution in [3.8, 4) is 0 Å². The molecule has 1 fully saturated rings. The zero-order chi connectivity index (χ0) is 16.2. The van der Waals surface area contributed by atoms with Crippen molar-refractivity contribution >= 4 is 23.6 Å². The molecular formula is C14H23N3O4. The van der Waals surface area contributed by atoms with E-state index in [9.17, 15) is 19.2 Å². The van der Waals surface area contributed by atoms with Crippen LogP contribution in [0.4, 0.5) is 4.79 Å². The van der Waals surface area contributed by atoms with E-state index in [4.69, 9.17) is 0 Å². The Hall–Kier alpha value is -1.92. The van der Waals surface area contributed by atoms with Crippen LogP contribution < -0.4 is 16.0 Å². The van der Waals surface area contributed by atoms with Crippen LogP contribution in [0.15, 0.2) is 0 Å². The second-order valence-corrected chi connectivity index (χ2v) is 6.24. The molecule has 0 aromatic rings. The Morgan fingerprint density at radius 1 is 1.29 bits per heavy atom. The van der Waals surface area contributed by atoms with Crippen molar-refractivity contribution in [2.24, 2.45) is 5.41 Å². The zero-order valence-electron chi connectivity index (χ0n) is 12.9. The van der Waals surface area contributed by atoms with Crippen LogP contribution >= 0.6 is 0 Å². The van der Waals surface area contributed by atoms with Crippen LogP contribution in [-0.4, -0.2) is 35.7 Å². The summed E-state index contributed by atoms with van der Waals surface area (Å²) in [7, 11) is 0. The molecule has 1 saturated heterocycles. The van der Waals surface area contributed by atoms with Gasteiger partial charge in [-0.1, -0.05) is 27.7 Å². The molecule has 21 heavy (non-hydrogen) atoms. The van der Waals surface area contributed by atoms with E-state index in [0.717, 1.165) is 0 Å². The monoisotopic (exact) mass is 297 g/mol. The zero-order valence-corrected chi connectivity index (χ0v) is 12.9. The molecule has 1 aliphatic heterocycles. The summed E-state index contributed by atoms with van der Waals surface area (Å²) in [6, 6.07) is -1.78. The van der Waals surface area contributed by atoms with Crippen LogP contribution in [0.25, 0.3) is 0 Å². The summed E-state index contributed by atoms with van der Waals surface area (Å²) >= 11 is 0. The Morgan fingerprint density at radius 3 is 2.33 bits per heavy atom. The summed E-state index contributed by atoms with van der Waals surface area (Å²) in [6.45, 7) is 7.41. The van der Waals surface area contributed by atoms with E-state index >= 15 is 0 Å². The highest BCUT2D eigenvalue weighted by Gasteiger charge is 2.33. The maximum absolute atomic E-state index is 12.0. The molecule has 0 aromatic heterocycles. The Balaban J connectivity index is 2.53. The molecule has 0 radical (unpaired) electrons. The maximum Gasteiger partial charge on any atom is 0.322 e. The number of urea groups is 1. The molecule has 2 atom stereocenters. The Morgan fingerprint density at radius 2 is 1.90 bits per heavy atom. The largest absolute Gasteiger partial charge is 0.346 e. The highest BCUT2D eigenvalue weighted by molar-refractivity contribution is 6.04. The first-order valence-electron chi connectivity index (χ1n) is 7.08. The molecule has 1 aliphatic rings. The van der Waals surface area contributed by atoms with Gasteiger partial charge in [-0.15, -0.1) is 0 Å². The number of rotatable bonds is 6. The predicted molar refractivity (Wildman–Crippen MR) is 76.4 cm³/mol.